The molecule has 7 heteroatoms. The molecule has 0 bridgehead atoms. The largest absolute Gasteiger partial charge is 0.378 e. The van der Waals surface area contributed by atoms with Crippen LogP contribution in [0.15, 0.2) is 35.5 Å². The fraction of sp³-hybridized carbons (Fsp3) is 0.438. The van der Waals surface area contributed by atoms with E-state index in [-0.39, 0.29) is 5.91 Å². The molecule has 2 aromatic rings. The van der Waals surface area contributed by atoms with E-state index >= 15 is 0 Å². The first kappa shape index (κ1) is 16.0. The van der Waals surface area contributed by atoms with Crippen LogP contribution in [-0.2, 0) is 16.1 Å². The fourth-order valence-electron chi connectivity index (χ4n) is 2.45. The van der Waals surface area contributed by atoms with Crippen LogP contribution in [0, 0.1) is 6.92 Å². The number of hydrogen-bond acceptors (Lipinski definition) is 5. The zero-order valence-corrected chi connectivity index (χ0v) is 14.0. The summed E-state index contributed by atoms with van der Waals surface area (Å²) in [5, 5.41) is 9.15. The molecule has 1 aromatic carbocycles. The van der Waals surface area contributed by atoms with Crippen LogP contribution in [0.3, 0.4) is 0 Å². The Balaban J connectivity index is 1.63. The van der Waals surface area contributed by atoms with E-state index in [0.29, 0.717) is 38.6 Å². The number of aromatic nitrogens is 3. The maximum absolute atomic E-state index is 12.2. The molecule has 1 aliphatic heterocycles. The van der Waals surface area contributed by atoms with Gasteiger partial charge in [0.2, 0.25) is 5.91 Å². The first-order valence-electron chi connectivity index (χ1n) is 7.66. The Kier molecular flexibility index (Phi) is 5.30. The van der Waals surface area contributed by atoms with E-state index in [1.165, 1.54) is 17.3 Å². The first-order valence-corrected chi connectivity index (χ1v) is 8.64. The topological polar surface area (TPSA) is 60.3 Å². The maximum Gasteiger partial charge on any atom is 0.233 e. The Bertz CT molecular complexity index is 653. The highest BCUT2D eigenvalue weighted by Crippen LogP contribution is 2.19. The van der Waals surface area contributed by atoms with Crippen molar-refractivity contribution in [3.8, 4) is 0 Å². The number of nitrogens with zero attached hydrogens (tertiary/aromatic N) is 4. The molecular formula is C16H20N4O2S. The van der Waals surface area contributed by atoms with Gasteiger partial charge in [0.1, 0.15) is 5.82 Å². The molecule has 0 radical (unpaired) electrons. The van der Waals surface area contributed by atoms with Gasteiger partial charge >= 0.3 is 0 Å². The number of aryl methyl sites for hydroxylation is 1. The molecular weight excluding hydrogens is 312 g/mol. The van der Waals surface area contributed by atoms with E-state index in [9.17, 15) is 4.79 Å². The van der Waals surface area contributed by atoms with Crippen LogP contribution >= 0.6 is 11.8 Å². The zero-order chi connectivity index (χ0) is 16.1. The van der Waals surface area contributed by atoms with Crippen LogP contribution in [0.5, 0.6) is 0 Å². The number of benzene rings is 1. The normalized spacial score (nSPS) is 14.9. The van der Waals surface area contributed by atoms with Crippen molar-refractivity contribution in [3.05, 3.63) is 41.7 Å². The van der Waals surface area contributed by atoms with E-state index in [4.69, 9.17) is 4.74 Å². The van der Waals surface area contributed by atoms with Crippen molar-refractivity contribution in [2.45, 2.75) is 18.6 Å². The monoisotopic (exact) mass is 332 g/mol. The van der Waals surface area contributed by atoms with Gasteiger partial charge in [-0.25, -0.2) is 0 Å². The molecule has 1 saturated heterocycles. The summed E-state index contributed by atoms with van der Waals surface area (Å²) < 4.78 is 7.32. The Morgan fingerprint density at radius 2 is 1.96 bits per heavy atom. The number of ether oxygens (including phenoxy) is 1. The number of rotatable bonds is 5. The van der Waals surface area contributed by atoms with Crippen LogP contribution in [0.25, 0.3) is 0 Å². The minimum atomic E-state index is 0.130. The van der Waals surface area contributed by atoms with Crippen LogP contribution in [0.2, 0.25) is 0 Å². The summed E-state index contributed by atoms with van der Waals surface area (Å²) >= 11 is 1.45. The minimum Gasteiger partial charge on any atom is -0.378 e. The second kappa shape index (κ2) is 7.61. The van der Waals surface area contributed by atoms with Gasteiger partial charge in [0.05, 0.1) is 25.5 Å². The Morgan fingerprint density at radius 1 is 1.22 bits per heavy atom. The summed E-state index contributed by atoms with van der Waals surface area (Å²) in [7, 11) is 0. The summed E-state index contributed by atoms with van der Waals surface area (Å²) in [6.07, 6.45) is 0. The molecule has 23 heavy (non-hydrogen) atoms. The third-order valence-electron chi connectivity index (χ3n) is 3.77. The zero-order valence-electron chi connectivity index (χ0n) is 13.1. The van der Waals surface area contributed by atoms with E-state index in [2.05, 4.69) is 22.3 Å². The van der Waals surface area contributed by atoms with Crippen molar-refractivity contribution in [3.63, 3.8) is 0 Å². The number of carbonyl (C=O) groups is 1. The van der Waals surface area contributed by atoms with Gasteiger partial charge < -0.3 is 14.2 Å². The number of thioether (sulfide) groups is 1. The van der Waals surface area contributed by atoms with Crippen LogP contribution in [0.1, 0.15) is 11.4 Å². The second-order valence-corrected chi connectivity index (χ2v) is 6.33. The molecule has 0 aliphatic carbocycles. The van der Waals surface area contributed by atoms with Crippen molar-refractivity contribution in [1.29, 1.82) is 0 Å². The second-order valence-electron chi connectivity index (χ2n) is 5.38. The van der Waals surface area contributed by atoms with Crippen molar-refractivity contribution in [1.82, 2.24) is 19.7 Å². The summed E-state index contributed by atoms with van der Waals surface area (Å²) in [5.41, 5.74) is 1.19. The van der Waals surface area contributed by atoms with Gasteiger partial charge in [-0.15, -0.1) is 10.2 Å². The Morgan fingerprint density at radius 3 is 2.70 bits per heavy atom. The Hall–Kier alpha value is -1.86. The lowest BCUT2D eigenvalue weighted by Gasteiger charge is -2.26. The van der Waals surface area contributed by atoms with Crippen LogP contribution in [0.4, 0.5) is 0 Å². The molecule has 0 unspecified atom stereocenters. The van der Waals surface area contributed by atoms with Gasteiger partial charge in [-0.2, -0.15) is 0 Å². The number of amides is 1. The van der Waals surface area contributed by atoms with Crippen molar-refractivity contribution in [2.75, 3.05) is 32.1 Å². The molecule has 3 rings (SSSR count). The molecule has 0 atom stereocenters. The van der Waals surface area contributed by atoms with Gasteiger partial charge in [0.15, 0.2) is 5.16 Å². The van der Waals surface area contributed by atoms with Crippen LogP contribution in [-0.4, -0.2) is 57.6 Å². The van der Waals surface area contributed by atoms with Crippen molar-refractivity contribution < 1.29 is 9.53 Å². The van der Waals surface area contributed by atoms with E-state index in [0.717, 1.165) is 11.0 Å². The summed E-state index contributed by atoms with van der Waals surface area (Å²) in [4.78, 5) is 14.1. The highest BCUT2D eigenvalue weighted by atomic mass is 32.2. The molecule has 122 valence electrons. The van der Waals surface area contributed by atoms with Crippen LogP contribution < -0.4 is 0 Å². The molecule has 1 amide bonds. The first-order chi connectivity index (χ1) is 11.2. The Labute approximate surface area is 139 Å². The van der Waals surface area contributed by atoms with Gasteiger partial charge in [-0.3, -0.25) is 4.79 Å². The molecule has 1 aromatic heterocycles. The summed E-state index contributed by atoms with van der Waals surface area (Å²) in [6.45, 7) is 5.25. The molecule has 0 spiro atoms. The molecule has 0 saturated carbocycles. The third-order valence-corrected chi connectivity index (χ3v) is 4.73. The third kappa shape index (κ3) is 4.11. The predicted molar refractivity (Wildman–Crippen MR) is 88.4 cm³/mol. The predicted octanol–water partition coefficient (Wildman–Crippen LogP) is 1.59. The van der Waals surface area contributed by atoms with E-state index < -0.39 is 0 Å². The summed E-state index contributed by atoms with van der Waals surface area (Å²) in [6, 6.07) is 10.2. The van der Waals surface area contributed by atoms with Crippen molar-refractivity contribution in [2.24, 2.45) is 0 Å². The lowest BCUT2D eigenvalue weighted by atomic mass is 10.2. The lowest BCUT2D eigenvalue weighted by Crippen LogP contribution is -2.41. The SMILES string of the molecule is Cc1nnc(SCC(=O)N2CCOCC2)n1Cc1ccccc1. The highest BCUT2D eigenvalue weighted by Gasteiger charge is 2.18. The smallest absolute Gasteiger partial charge is 0.233 e. The number of carbonyl (C=O) groups excluding carboxylic acids is 1. The van der Waals surface area contributed by atoms with E-state index in [1.54, 1.807) is 0 Å². The molecule has 1 aliphatic rings. The van der Waals surface area contributed by atoms with E-state index in [1.807, 2.05) is 34.6 Å². The molecule has 6 nitrogen and oxygen atoms in total. The van der Waals surface area contributed by atoms with Crippen molar-refractivity contribution >= 4 is 17.7 Å². The quantitative estimate of drug-likeness (QED) is 0.778. The van der Waals surface area contributed by atoms with Gasteiger partial charge in [-0.1, -0.05) is 42.1 Å². The number of hydrogen-bond donors (Lipinski definition) is 0. The fourth-order valence-corrected chi connectivity index (χ4v) is 3.33. The lowest BCUT2D eigenvalue weighted by molar-refractivity contribution is -0.132. The maximum atomic E-state index is 12.2. The minimum absolute atomic E-state index is 0.130. The van der Waals surface area contributed by atoms with Gasteiger partial charge in [0, 0.05) is 13.1 Å². The number of morpholine rings is 1. The van der Waals surface area contributed by atoms with Gasteiger partial charge in [-0.05, 0) is 12.5 Å². The summed E-state index contributed by atoms with van der Waals surface area (Å²) in [5.74, 6) is 1.37. The average molecular weight is 332 g/mol. The average Bonchev–Trinajstić information content (AvgIpc) is 2.94. The highest BCUT2D eigenvalue weighted by molar-refractivity contribution is 7.99. The molecule has 0 N–H and O–H groups in total. The molecule has 2 heterocycles. The van der Waals surface area contributed by atoms with Gasteiger partial charge in [0.25, 0.3) is 0 Å². The standard InChI is InChI=1S/C16H20N4O2S/c1-13-17-18-16(20(13)11-14-5-3-2-4-6-14)23-12-15(21)19-7-9-22-10-8-19/h2-6H,7-12H2,1H3. The molecule has 1 fully saturated rings.